The number of amides is 2. The lowest BCUT2D eigenvalue weighted by Crippen LogP contribution is -2.40. The van der Waals surface area contributed by atoms with Gasteiger partial charge in [0.1, 0.15) is 5.70 Å². The molecule has 0 unspecified atom stereocenters. The molecule has 0 fully saturated rings. The first kappa shape index (κ1) is 17.8. The fourth-order valence-corrected chi connectivity index (χ4v) is 4.02. The van der Waals surface area contributed by atoms with Crippen LogP contribution in [-0.4, -0.2) is 29.3 Å². The molecule has 0 radical (unpaired) electrons. The van der Waals surface area contributed by atoms with E-state index in [0.29, 0.717) is 22.8 Å². The molecule has 138 valence electrons. The Balaban J connectivity index is 1.92. The molecule has 4 nitrogen and oxygen atoms in total. The van der Waals surface area contributed by atoms with Crippen LogP contribution in [0.1, 0.15) is 31.4 Å². The summed E-state index contributed by atoms with van der Waals surface area (Å²) in [6.07, 6.45) is 1.92. The summed E-state index contributed by atoms with van der Waals surface area (Å²) in [7, 11) is 0. The van der Waals surface area contributed by atoms with Gasteiger partial charge < -0.3 is 4.90 Å². The summed E-state index contributed by atoms with van der Waals surface area (Å²) in [5, 5.41) is 0.599. The summed E-state index contributed by atoms with van der Waals surface area (Å²) in [4.78, 5) is 29.9. The van der Waals surface area contributed by atoms with Crippen molar-refractivity contribution in [1.29, 1.82) is 0 Å². The van der Waals surface area contributed by atoms with Crippen molar-refractivity contribution in [2.24, 2.45) is 0 Å². The third-order valence-electron chi connectivity index (χ3n) is 5.12. The predicted molar refractivity (Wildman–Crippen MR) is 107 cm³/mol. The van der Waals surface area contributed by atoms with Crippen molar-refractivity contribution in [3.05, 3.63) is 70.4 Å². The second kappa shape index (κ2) is 6.86. The van der Waals surface area contributed by atoms with Gasteiger partial charge in [-0.3, -0.25) is 14.5 Å². The lowest BCUT2D eigenvalue weighted by molar-refractivity contribution is -0.138. The first-order valence-electron chi connectivity index (χ1n) is 9.22. The number of anilines is 1. The smallest absolute Gasteiger partial charge is 0.278 e. The van der Waals surface area contributed by atoms with Gasteiger partial charge in [-0.05, 0) is 56.0 Å². The van der Waals surface area contributed by atoms with Crippen LogP contribution in [0.25, 0.3) is 5.57 Å². The van der Waals surface area contributed by atoms with Crippen LogP contribution in [0.4, 0.5) is 5.69 Å². The molecule has 0 saturated carbocycles. The summed E-state index contributed by atoms with van der Waals surface area (Å²) in [5.41, 5.74) is 3.87. The molecule has 2 aliphatic heterocycles. The van der Waals surface area contributed by atoms with E-state index >= 15 is 0 Å². The quantitative estimate of drug-likeness (QED) is 0.746. The Hall–Kier alpha value is -2.59. The molecular weight excluding hydrogens is 360 g/mol. The fourth-order valence-electron chi connectivity index (χ4n) is 3.90. The van der Waals surface area contributed by atoms with Crippen molar-refractivity contribution >= 4 is 34.7 Å². The Morgan fingerprint density at radius 3 is 2.37 bits per heavy atom. The summed E-state index contributed by atoms with van der Waals surface area (Å²) < 4.78 is 0. The Bertz CT molecular complexity index is 947. The van der Waals surface area contributed by atoms with E-state index in [1.54, 1.807) is 12.1 Å². The molecule has 2 aromatic carbocycles. The summed E-state index contributed by atoms with van der Waals surface area (Å²) in [6, 6.07) is 15.0. The third-order valence-corrected chi connectivity index (χ3v) is 5.37. The van der Waals surface area contributed by atoms with E-state index in [1.165, 1.54) is 10.5 Å². The number of hydrogen-bond acceptors (Lipinski definition) is 3. The monoisotopic (exact) mass is 380 g/mol. The molecule has 0 atom stereocenters. The van der Waals surface area contributed by atoms with Gasteiger partial charge in [0.05, 0.1) is 5.57 Å². The van der Waals surface area contributed by atoms with Crippen molar-refractivity contribution in [2.45, 2.75) is 32.7 Å². The van der Waals surface area contributed by atoms with Gasteiger partial charge in [0.2, 0.25) is 0 Å². The van der Waals surface area contributed by atoms with Crippen molar-refractivity contribution < 1.29 is 9.59 Å². The highest BCUT2D eigenvalue weighted by Crippen LogP contribution is 2.38. The largest absolute Gasteiger partial charge is 0.336 e. The number of halogens is 1. The molecule has 2 heterocycles. The molecular formula is C22H21ClN2O2. The second-order valence-corrected chi connectivity index (χ2v) is 7.62. The Morgan fingerprint density at radius 1 is 0.963 bits per heavy atom. The zero-order valence-corrected chi connectivity index (χ0v) is 16.2. The maximum Gasteiger partial charge on any atom is 0.278 e. The summed E-state index contributed by atoms with van der Waals surface area (Å²) >= 11 is 6.03. The number of para-hydroxylation sites is 1. The highest BCUT2D eigenvalue weighted by molar-refractivity contribution is 6.37. The summed E-state index contributed by atoms with van der Waals surface area (Å²) in [6.45, 7) is 4.44. The molecule has 0 bridgehead atoms. The number of fused-ring (bicyclic) bond motifs is 1. The van der Waals surface area contributed by atoms with E-state index in [0.717, 1.165) is 24.1 Å². The molecule has 0 aromatic heterocycles. The second-order valence-electron chi connectivity index (χ2n) is 7.19. The highest BCUT2D eigenvalue weighted by atomic mass is 35.5. The van der Waals surface area contributed by atoms with Crippen LogP contribution >= 0.6 is 11.6 Å². The van der Waals surface area contributed by atoms with Gasteiger partial charge >= 0.3 is 0 Å². The van der Waals surface area contributed by atoms with Crippen LogP contribution in [0.15, 0.2) is 54.2 Å². The van der Waals surface area contributed by atoms with Gasteiger partial charge in [-0.2, -0.15) is 0 Å². The number of rotatable bonds is 3. The molecule has 5 heteroatoms. The number of nitrogens with zero attached hydrogens (tertiary/aromatic N) is 2. The topological polar surface area (TPSA) is 40.6 Å². The number of benzene rings is 2. The lowest BCUT2D eigenvalue weighted by atomic mass is 9.98. The van der Waals surface area contributed by atoms with Crippen LogP contribution in [0.5, 0.6) is 0 Å². The van der Waals surface area contributed by atoms with Crippen molar-refractivity contribution in [3.63, 3.8) is 0 Å². The lowest BCUT2D eigenvalue weighted by Gasteiger charge is -2.32. The van der Waals surface area contributed by atoms with E-state index in [4.69, 9.17) is 11.6 Å². The normalized spacial score (nSPS) is 17.2. The maximum atomic E-state index is 13.3. The first-order valence-corrected chi connectivity index (χ1v) is 9.60. The molecule has 2 aliphatic rings. The van der Waals surface area contributed by atoms with Crippen molar-refractivity contribution in [1.82, 2.24) is 4.90 Å². The summed E-state index contributed by atoms with van der Waals surface area (Å²) in [5.74, 6) is -0.466. The average Bonchev–Trinajstić information content (AvgIpc) is 2.92. The number of carbonyl (C=O) groups is 2. The Morgan fingerprint density at radius 2 is 1.67 bits per heavy atom. The zero-order valence-electron chi connectivity index (χ0n) is 15.4. The molecule has 27 heavy (non-hydrogen) atoms. The highest BCUT2D eigenvalue weighted by Gasteiger charge is 2.43. The van der Waals surface area contributed by atoms with E-state index in [2.05, 4.69) is 6.07 Å². The van der Waals surface area contributed by atoms with Crippen LogP contribution in [0.2, 0.25) is 5.02 Å². The van der Waals surface area contributed by atoms with Crippen LogP contribution in [-0.2, 0) is 16.0 Å². The molecule has 0 spiro atoms. The van der Waals surface area contributed by atoms with E-state index in [-0.39, 0.29) is 17.9 Å². The van der Waals surface area contributed by atoms with Gasteiger partial charge in [-0.1, -0.05) is 41.9 Å². The van der Waals surface area contributed by atoms with Crippen molar-refractivity contribution in [2.75, 3.05) is 11.4 Å². The molecule has 0 N–H and O–H groups in total. The van der Waals surface area contributed by atoms with E-state index in [9.17, 15) is 9.59 Å². The van der Waals surface area contributed by atoms with Crippen LogP contribution < -0.4 is 4.90 Å². The fraction of sp³-hybridized carbons (Fsp3) is 0.273. The minimum Gasteiger partial charge on any atom is -0.336 e. The van der Waals surface area contributed by atoms with Gasteiger partial charge in [0, 0.05) is 23.3 Å². The van der Waals surface area contributed by atoms with Gasteiger partial charge in [0.25, 0.3) is 11.8 Å². The molecule has 4 rings (SSSR count). The number of imide groups is 1. The first-order chi connectivity index (χ1) is 13.0. The Labute approximate surface area is 164 Å². The molecule has 0 aliphatic carbocycles. The van der Waals surface area contributed by atoms with Gasteiger partial charge in [0.15, 0.2) is 0 Å². The minimum atomic E-state index is -0.240. The average molecular weight is 381 g/mol. The minimum absolute atomic E-state index is 0.204. The van der Waals surface area contributed by atoms with E-state index < -0.39 is 0 Å². The van der Waals surface area contributed by atoms with Crippen LogP contribution in [0.3, 0.4) is 0 Å². The zero-order chi connectivity index (χ0) is 19.1. The standard InChI is InChI=1S/C22H21ClN2O2/c1-14(2)25-21(26)19(16-9-11-17(23)12-10-16)20(22(25)27)24-13-5-7-15-6-3-4-8-18(15)24/h3-4,6,8-12,14H,5,7,13H2,1-2H3. The number of carbonyl (C=O) groups excluding carboxylic acids is 2. The molecule has 0 saturated heterocycles. The SMILES string of the molecule is CC(C)N1C(=O)C(c2ccc(Cl)cc2)=C(N2CCCc3ccccc32)C1=O. The molecule has 2 aromatic rings. The third kappa shape index (κ3) is 2.94. The van der Waals surface area contributed by atoms with Gasteiger partial charge in [-0.25, -0.2) is 0 Å². The van der Waals surface area contributed by atoms with Crippen LogP contribution in [0, 0.1) is 0 Å². The molecule has 2 amide bonds. The Kier molecular flexibility index (Phi) is 4.52. The predicted octanol–water partition coefficient (Wildman–Crippen LogP) is 4.28. The maximum absolute atomic E-state index is 13.3. The van der Waals surface area contributed by atoms with Crippen molar-refractivity contribution in [3.8, 4) is 0 Å². The number of hydrogen-bond donors (Lipinski definition) is 0. The van der Waals surface area contributed by atoms with Gasteiger partial charge in [-0.15, -0.1) is 0 Å². The number of aryl methyl sites for hydroxylation is 1. The van der Waals surface area contributed by atoms with E-state index in [1.807, 2.05) is 49.1 Å².